The molecule has 0 aromatic carbocycles. The van der Waals surface area contributed by atoms with Crippen molar-refractivity contribution < 1.29 is 4.79 Å². The van der Waals surface area contributed by atoms with E-state index in [1.807, 2.05) is 12.2 Å². The summed E-state index contributed by atoms with van der Waals surface area (Å²) in [5, 5.41) is 0. The summed E-state index contributed by atoms with van der Waals surface area (Å²) in [7, 11) is 0. The molecule has 0 heterocycles. The molecule has 1 nitrogen and oxygen atoms in total. The van der Waals surface area contributed by atoms with E-state index in [0.29, 0.717) is 0 Å². The minimum absolute atomic E-state index is 0.748. The standard InChI is InChI=1S/C8H10O/c1-2-3-4-5-6-7-8-9/h2,4-8H,1,3H2/b5-4+,7-6+. The number of carbonyl (C=O) groups excluding carboxylic acids is 1. The zero-order valence-electron chi connectivity index (χ0n) is 5.29. The van der Waals surface area contributed by atoms with Gasteiger partial charge in [0.15, 0.2) is 0 Å². The van der Waals surface area contributed by atoms with Crippen LogP contribution in [0.1, 0.15) is 6.42 Å². The first-order valence-electron chi connectivity index (χ1n) is 2.79. The average molecular weight is 122 g/mol. The maximum Gasteiger partial charge on any atom is 0.142 e. The second kappa shape index (κ2) is 6.89. The van der Waals surface area contributed by atoms with Crippen molar-refractivity contribution in [3.05, 3.63) is 37.0 Å². The minimum atomic E-state index is 0.748. The fraction of sp³-hybridized carbons (Fsp3) is 0.125. The van der Waals surface area contributed by atoms with Gasteiger partial charge in [-0.25, -0.2) is 0 Å². The fourth-order valence-corrected chi connectivity index (χ4v) is 0.363. The molecule has 0 atom stereocenters. The van der Waals surface area contributed by atoms with E-state index >= 15 is 0 Å². The first kappa shape index (κ1) is 7.89. The van der Waals surface area contributed by atoms with E-state index in [0.717, 1.165) is 12.7 Å². The monoisotopic (exact) mass is 122 g/mol. The third-order valence-electron chi connectivity index (χ3n) is 0.740. The van der Waals surface area contributed by atoms with Crippen LogP contribution in [-0.2, 0) is 4.79 Å². The molecule has 0 aliphatic rings. The summed E-state index contributed by atoms with van der Waals surface area (Å²) < 4.78 is 0. The molecule has 48 valence electrons. The molecular weight excluding hydrogens is 112 g/mol. The first-order valence-corrected chi connectivity index (χ1v) is 2.79. The van der Waals surface area contributed by atoms with Gasteiger partial charge < -0.3 is 0 Å². The van der Waals surface area contributed by atoms with Crippen LogP contribution in [-0.4, -0.2) is 6.29 Å². The van der Waals surface area contributed by atoms with Crippen molar-refractivity contribution in [3.8, 4) is 0 Å². The molecule has 0 aromatic heterocycles. The van der Waals surface area contributed by atoms with Gasteiger partial charge in [-0.05, 0) is 12.5 Å². The predicted octanol–water partition coefficient (Wildman–Crippen LogP) is 1.87. The van der Waals surface area contributed by atoms with Crippen molar-refractivity contribution in [1.82, 2.24) is 0 Å². The third-order valence-corrected chi connectivity index (χ3v) is 0.740. The molecule has 0 spiro atoms. The molecule has 0 saturated heterocycles. The Hall–Kier alpha value is -1.11. The Bertz CT molecular complexity index is 132. The van der Waals surface area contributed by atoms with Crippen LogP contribution < -0.4 is 0 Å². The van der Waals surface area contributed by atoms with Gasteiger partial charge in [0.05, 0.1) is 0 Å². The van der Waals surface area contributed by atoms with Crippen molar-refractivity contribution in [2.45, 2.75) is 6.42 Å². The molecule has 0 aliphatic carbocycles. The van der Waals surface area contributed by atoms with Crippen LogP contribution in [0.25, 0.3) is 0 Å². The number of allylic oxidation sites excluding steroid dienone is 5. The van der Waals surface area contributed by atoms with E-state index in [9.17, 15) is 4.79 Å². The lowest BCUT2D eigenvalue weighted by Crippen LogP contribution is -1.57. The molecular formula is C8H10O. The van der Waals surface area contributed by atoms with E-state index in [4.69, 9.17) is 0 Å². The molecule has 0 aromatic rings. The summed E-state index contributed by atoms with van der Waals surface area (Å²) in [6, 6.07) is 0. The van der Waals surface area contributed by atoms with Crippen molar-refractivity contribution in [3.63, 3.8) is 0 Å². The summed E-state index contributed by atoms with van der Waals surface area (Å²) >= 11 is 0. The number of aldehydes is 1. The van der Waals surface area contributed by atoms with Gasteiger partial charge in [0, 0.05) is 0 Å². The van der Waals surface area contributed by atoms with Crippen LogP contribution in [0.15, 0.2) is 37.0 Å². The van der Waals surface area contributed by atoms with Crippen molar-refractivity contribution in [2.75, 3.05) is 0 Å². The van der Waals surface area contributed by atoms with Crippen molar-refractivity contribution in [1.29, 1.82) is 0 Å². The maximum atomic E-state index is 9.70. The SMILES string of the molecule is C=CC/C=C/C=C/C=O. The van der Waals surface area contributed by atoms with E-state index in [1.54, 1.807) is 12.2 Å². The Morgan fingerprint density at radius 2 is 2.00 bits per heavy atom. The van der Waals surface area contributed by atoms with Gasteiger partial charge in [0.2, 0.25) is 0 Å². The molecule has 0 N–H and O–H groups in total. The maximum absolute atomic E-state index is 9.70. The predicted molar refractivity (Wildman–Crippen MR) is 39.2 cm³/mol. The molecule has 0 aliphatic heterocycles. The van der Waals surface area contributed by atoms with Crippen molar-refractivity contribution >= 4 is 6.29 Å². The highest BCUT2D eigenvalue weighted by Gasteiger charge is 1.63. The van der Waals surface area contributed by atoms with Crippen LogP contribution in [0.4, 0.5) is 0 Å². The lowest BCUT2D eigenvalue weighted by molar-refractivity contribution is -0.104. The van der Waals surface area contributed by atoms with Gasteiger partial charge in [-0.3, -0.25) is 4.79 Å². The van der Waals surface area contributed by atoms with Gasteiger partial charge in [0.1, 0.15) is 6.29 Å². The zero-order valence-corrected chi connectivity index (χ0v) is 5.29. The Labute approximate surface area is 55.4 Å². The highest BCUT2D eigenvalue weighted by Crippen LogP contribution is 1.82. The number of hydrogen-bond donors (Lipinski definition) is 0. The first-order chi connectivity index (χ1) is 4.41. The molecule has 9 heavy (non-hydrogen) atoms. The lowest BCUT2D eigenvalue weighted by Gasteiger charge is -1.73. The third kappa shape index (κ3) is 6.89. The summed E-state index contributed by atoms with van der Waals surface area (Å²) in [4.78, 5) is 9.70. The van der Waals surface area contributed by atoms with Crippen LogP contribution in [0.2, 0.25) is 0 Å². The van der Waals surface area contributed by atoms with Crippen LogP contribution >= 0.6 is 0 Å². The summed E-state index contributed by atoms with van der Waals surface area (Å²) in [5.74, 6) is 0. The lowest BCUT2D eigenvalue weighted by atomic mass is 10.3. The topological polar surface area (TPSA) is 17.1 Å². The largest absolute Gasteiger partial charge is 0.299 e. The zero-order chi connectivity index (χ0) is 6.95. The van der Waals surface area contributed by atoms with Gasteiger partial charge in [-0.2, -0.15) is 0 Å². The Kier molecular flexibility index (Phi) is 6.04. The Balaban J connectivity index is 3.33. The molecule has 0 amide bonds. The van der Waals surface area contributed by atoms with E-state index in [2.05, 4.69) is 6.58 Å². The molecule has 1 heteroatoms. The second-order valence-electron chi connectivity index (χ2n) is 1.47. The quantitative estimate of drug-likeness (QED) is 0.241. The van der Waals surface area contributed by atoms with Crippen molar-refractivity contribution in [2.24, 2.45) is 0 Å². The summed E-state index contributed by atoms with van der Waals surface area (Å²) in [6.07, 6.45) is 10.3. The van der Waals surface area contributed by atoms with E-state index < -0.39 is 0 Å². The Morgan fingerprint density at radius 1 is 1.22 bits per heavy atom. The normalized spacial score (nSPS) is 10.7. The molecule has 0 bridgehead atoms. The van der Waals surface area contributed by atoms with Gasteiger partial charge >= 0.3 is 0 Å². The highest BCUT2D eigenvalue weighted by molar-refractivity contribution is 5.65. The fourth-order valence-electron chi connectivity index (χ4n) is 0.363. The van der Waals surface area contributed by atoms with Gasteiger partial charge in [-0.15, -0.1) is 6.58 Å². The number of carbonyl (C=O) groups is 1. The summed E-state index contributed by atoms with van der Waals surface area (Å²) in [6.45, 7) is 3.53. The van der Waals surface area contributed by atoms with Gasteiger partial charge in [-0.1, -0.05) is 24.3 Å². The molecule has 0 saturated carbocycles. The van der Waals surface area contributed by atoms with E-state index in [1.165, 1.54) is 6.08 Å². The molecule has 0 radical (unpaired) electrons. The average Bonchev–Trinajstić information content (AvgIpc) is 1.89. The number of hydrogen-bond acceptors (Lipinski definition) is 1. The van der Waals surface area contributed by atoms with Crippen LogP contribution in [0.3, 0.4) is 0 Å². The Morgan fingerprint density at radius 3 is 2.56 bits per heavy atom. The molecule has 0 unspecified atom stereocenters. The van der Waals surface area contributed by atoms with Gasteiger partial charge in [0.25, 0.3) is 0 Å². The molecule has 0 rings (SSSR count). The van der Waals surface area contributed by atoms with Crippen LogP contribution in [0.5, 0.6) is 0 Å². The minimum Gasteiger partial charge on any atom is -0.299 e. The van der Waals surface area contributed by atoms with Crippen LogP contribution in [0, 0.1) is 0 Å². The molecule has 0 fully saturated rings. The highest BCUT2D eigenvalue weighted by atomic mass is 16.1. The van der Waals surface area contributed by atoms with E-state index in [-0.39, 0.29) is 0 Å². The second-order valence-corrected chi connectivity index (χ2v) is 1.47. The number of rotatable bonds is 4. The summed E-state index contributed by atoms with van der Waals surface area (Å²) in [5.41, 5.74) is 0. The smallest absolute Gasteiger partial charge is 0.142 e.